The van der Waals surface area contributed by atoms with Crippen LogP contribution >= 0.6 is 0 Å². The number of nitrogens with zero attached hydrogens (tertiary/aromatic N) is 4. The van der Waals surface area contributed by atoms with Crippen LogP contribution in [0.3, 0.4) is 0 Å². The number of rotatable bonds is 4. The summed E-state index contributed by atoms with van der Waals surface area (Å²) in [4.78, 5) is 57.5. The quantitative estimate of drug-likeness (QED) is 0.409. The molecule has 0 spiro atoms. The number of carbonyl (C=O) groups is 4. The van der Waals surface area contributed by atoms with E-state index in [2.05, 4.69) is 20.7 Å². The lowest BCUT2D eigenvalue weighted by molar-refractivity contribution is -0.159. The van der Waals surface area contributed by atoms with Crippen LogP contribution in [0.1, 0.15) is 56.4 Å². The predicted molar refractivity (Wildman–Crippen MR) is 171 cm³/mol. The average molecular weight is 671 g/mol. The molecule has 0 saturated carbocycles. The third kappa shape index (κ3) is 10.4. The average Bonchev–Trinajstić information content (AvgIpc) is 3.80. The van der Waals surface area contributed by atoms with Gasteiger partial charge in [-0.15, -0.1) is 0 Å². The van der Waals surface area contributed by atoms with Gasteiger partial charge in [0.05, 0.1) is 31.0 Å². The van der Waals surface area contributed by atoms with E-state index in [1.54, 1.807) is 52.2 Å². The number of halogens is 1. The molecular formula is C33H43FN6O8. The smallest absolute Gasteiger partial charge is 0.411 e. The number of fused-ring (bicyclic) bond motifs is 3. The molecule has 6 unspecified atom stereocenters. The summed E-state index contributed by atoms with van der Waals surface area (Å²) in [5.41, 5.74) is 1.05. The molecule has 2 aliphatic rings. The molecule has 14 nitrogen and oxygen atoms in total. The van der Waals surface area contributed by atoms with Crippen LogP contribution in [0.25, 0.3) is 0 Å². The van der Waals surface area contributed by atoms with E-state index in [0.717, 1.165) is 6.26 Å². The van der Waals surface area contributed by atoms with Gasteiger partial charge >= 0.3 is 12.1 Å². The van der Waals surface area contributed by atoms with E-state index >= 15 is 0 Å². The van der Waals surface area contributed by atoms with E-state index in [1.807, 2.05) is 0 Å². The number of esters is 1. The highest BCUT2D eigenvalue weighted by Crippen LogP contribution is 2.26. The molecule has 4 rings (SSSR count). The number of amides is 3. The fourth-order valence-electron chi connectivity index (χ4n) is 5.57. The Morgan fingerprint density at radius 1 is 1.29 bits per heavy atom. The van der Waals surface area contributed by atoms with Crippen LogP contribution in [0.2, 0.25) is 0 Å². The van der Waals surface area contributed by atoms with Crippen LogP contribution in [0.4, 0.5) is 14.9 Å². The number of nitrogens with one attached hydrogen (secondary N) is 2. The third-order valence-electron chi connectivity index (χ3n) is 7.99. The second-order valence-corrected chi connectivity index (χ2v) is 12.2. The molecule has 6 atom stereocenters. The zero-order chi connectivity index (χ0) is 34.8. The van der Waals surface area contributed by atoms with Gasteiger partial charge in [-0.25, -0.2) is 19.0 Å². The standard InChI is InChI=1S/C33H43FN6O8/c1-20-7-5-11-35-28(42)10-9-21(2)30(22(3)18-47-33(45)37-24-16-36-39(4)17-24)48-32(44)27-8-6-12-40(27)31(43)26-19-46-29(38-26)15-23(34)14-25(41)13-20/h5,7,9-10,13,16-17,19,21-23,25,27,30,41H,6,8,11-12,14-15,18H2,1-4H3,(H,35,42)(H,37,45)/b7-5?,10-9+,20-13?. The Balaban J connectivity index is 1.54. The minimum atomic E-state index is -1.50. The van der Waals surface area contributed by atoms with Crippen molar-refractivity contribution in [2.45, 2.75) is 70.9 Å². The van der Waals surface area contributed by atoms with Crippen LogP contribution in [-0.2, 0) is 32.5 Å². The number of aliphatic hydroxyl groups is 1. The minimum absolute atomic E-state index is 0.00633. The molecule has 4 heterocycles. The van der Waals surface area contributed by atoms with Crippen LogP contribution in [0, 0.1) is 11.8 Å². The van der Waals surface area contributed by atoms with Gasteiger partial charge in [0, 0.05) is 44.6 Å². The molecule has 1 saturated heterocycles. The van der Waals surface area contributed by atoms with Crippen LogP contribution in [-0.4, -0.2) is 92.8 Å². The van der Waals surface area contributed by atoms with Gasteiger partial charge in [0.2, 0.25) is 5.91 Å². The summed E-state index contributed by atoms with van der Waals surface area (Å²) < 4.78 is 33.1. The predicted octanol–water partition coefficient (Wildman–Crippen LogP) is 3.27. The van der Waals surface area contributed by atoms with Crippen molar-refractivity contribution in [1.29, 1.82) is 0 Å². The van der Waals surface area contributed by atoms with Crippen molar-refractivity contribution in [3.05, 3.63) is 66.2 Å². The maximum Gasteiger partial charge on any atom is 0.411 e. The number of aromatic nitrogens is 3. The molecule has 2 aliphatic heterocycles. The number of oxazole rings is 1. The van der Waals surface area contributed by atoms with Crippen LogP contribution in [0.5, 0.6) is 0 Å². The van der Waals surface area contributed by atoms with E-state index in [0.29, 0.717) is 24.1 Å². The molecule has 3 N–H and O–H groups in total. The number of anilines is 1. The first-order valence-corrected chi connectivity index (χ1v) is 15.9. The molecule has 15 heteroatoms. The van der Waals surface area contributed by atoms with E-state index in [1.165, 1.54) is 27.9 Å². The lowest BCUT2D eigenvalue weighted by atomic mass is 9.93. The lowest BCUT2D eigenvalue weighted by Gasteiger charge is -2.30. The number of aliphatic hydroxyl groups excluding tert-OH is 1. The zero-order valence-electron chi connectivity index (χ0n) is 27.5. The number of carbonyl (C=O) groups excluding carboxylic acids is 4. The first-order valence-electron chi connectivity index (χ1n) is 15.9. The fraction of sp³-hybridized carbons (Fsp3) is 0.515. The normalized spacial score (nSPS) is 26.1. The van der Waals surface area contributed by atoms with Crippen molar-refractivity contribution in [3.63, 3.8) is 0 Å². The van der Waals surface area contributed by atoms with Gasteiger partial charge in [0.15, 0.2) is 11.6 Å². The van der Waals surface area contributed by atoms with E-state index in [-0.39, 0.29) is 44.1 Å². The van der Waals surface area contributed by atoms with Gasteiger partial charge in [0.25, 0.3) is 5.91 Å². The molecule has 0 aromatic carbocycles. The lowest BCUT2D eigenvalue weighted by Crippen LogP contribution is -2.44. The Hall–Kier alpha value is -4.79. The number of ether oxygens (including phenoxy) is 2. The Morgan fingerprint density at radius 3 is 2.83 bits per heavy atom. The van der Waals surface area contributed by atoms with Gasteiger partial charge in [-0.2, -0.15) is 5.10 Å². The van der Waals surface area contributed by atoms with Crippen molar-refractivity contribution in [2.75, 3.05) is 25.0 Å². The summed E-state index contributed by atoms with van der Waals surface area (Å²) >= 11 is 0. The Labute approximate surface area is 278 Å². The molecular weight excluding hydrogens is 627 g/mol. The Morgan fingerprint density at radius 2 is 2.08 bits per heavy atom. The highest BCUT2D eigenvalue weighted by molar-refractivity contribution is 5.95. The summed E-state index contributed by atoms with van der Waals surface area (Å²) in [7, 11) is 1.71. The first-order chi connectivity index (χ1) is 22.9. The highest BCUT2D eigenvalue weighted by atomic mass is 19.1. The molecule has 2 bridgehead atoms. The van der Waals surface area contributed by atoms with E-state index < -0.39 is 60.1 Å². The monoisotopic (exact) mass is 670 g/mol. The van der Waals surface area contributed by atoms with Crippen molar-refractivity contribution < 1.29 is 42.6 Å². The molecule has 1 fully saturated rings. The molecule has 2 aromatic heterocycles. The van der Waals surface area contributed by atoms with Crippen LogP contribution in [0.15, 0.2) is 59.0 Å². The van der Waals surface area contributed by atoms with E-state index in [4.69, 9.17) is 13.9 Å². The fourth-order valence-corrected chi connectivity index (χ4v) is 5.57. The molecule has 0 aliphatic carbocycles. The minimum Gasteiger partial charge on any atom is -0.460 e. The molecule has 48 heavy (non-hydrogen) atoms. The van der Waals surface area contributed by atoms with E-state index in [9.17, 15) is 28.7 Å². The maximum absolute atomic E-state index is 14.8. The van der Waals surface area contributed by atoms with Gasteiger partial charge in [-0.3, -0.25) is 19.6 Å². The summed E-state index contributed by atoms with van der Waals surface area (Å²) in [5.74, 6) is -2.63. The number of allylic oxidation sites excluding steroid dienone is 2. The van der Waals surface area contributed by atoms with Crippen molar-refractivity contribution in [2.24, 2.45) is 18.9 Å². The highest BCUT2D eigenvalue weighted by Gasteiger charge is 2.39. The zero-order valence-corrected chi connectivity index (χ0v) is 27.5. The Bertz CT molecular complexity index is 1530. The second-order valence-electron chi connectivity index (χ2n) is 12.2. The van der Waals surface area contributed by atoms with Gasteiger partial charge in [0.1, 0.15) is 24.6 Å². The number of aryl methyl sites for hydroxylation is 1. The third-order valence-corrected chi connectivity index (χ3v) is 7.99. The second kappa shape index (κ2) is 16.9. The van der Waals surface area contributed by atoms with Crippen molar-refractivity contribution in [3.8, 4) is 0 Å². The molecule has 2 aromatic rings. The van der Waals surface area contributed by atoms with Crippen LogP contribution < -0.4 is 10.6 Å². The van der Waals surface area contributed by atoms with Gasteiger partial charge in [-0.05, 0) is 25.8 Å². The number of cyclic esters (lactones) is 1. The SMILES string of the molecule is CC1=CC(O)CC(F)Cc2nc(co2)C(=O)N2CCCC2C(=O)OC(C(C)COC(=O)Nc2cnn(C)c2)C(C)/C=C/C(=O)NCC=C1. The van der Waals surface area contributed by atoms with Crippen molar-refractivity contribution in [1.82, 2.24) is 25.0 Å². The van der Waals surface area contributed by atoms with Crippen molar-refractivity contribution >= 4 is 29.6 Å². The number of hydrogen-bond donors (Lipinski definition) is 3. The molecule has 0 radical (unpaired) electrons. The largest absolute Gasteiger partial charge is 0.460 e. The summed E-state index contributed by atoms with van der Waals surface area (Å²) in [6.07, 6.45) is 8.31. The molecule has 3 amide bonds. The molecule has 260 valence electrons. The van der Waals surface area contributed by atoms with Gasteiger partial charge < -0.3 is 29.2 Å². The topological polar surface area (TPSA) is 178 Å². The van der Waals surface area contributed by atoms with Gasteiger partial charge in [-0.1, -0.05) is 43.7 Å². The maximum atomic E-state index is 14.8. The Kier molecular flexibility index (Phi) is 12.7. The number of alkyl halides is 1. The summed E-state index contributed by atoms with van der Waals surface area (Å²) in [6.45, 7) is 5.59. The first kappa shape index (κ1) is 36.1. The summed E-state index contributed by atoms with van der Waals surface area (Å²) in [6, 6.07) is -0.922. The number of hydrogen-bond acceptors (Lipinski definition) is 10. The summed E-state index contributed by atoms with van der Waals surface area (Å²) in [5, 5.41) is 19.6.